The molecule has 5 heteroatoms. The van der Waals surface area contributed by atoms with Gasteiger partial charge >= 0.3 is 0 Å². The van der Waals surface area contributed by atoms with Gasteiger partial charge in [-0.15, -0.1) is 12.4 Å². The lowest BCUT2D eigenvalue weighted by Crippen LogP contribution is -2.48. The van der Waals surface area contributed by atoms with E-state index < -0.39 is 0 Å². The maximum absolute atomic E-state index is 12.1. The molecule has 2 rings (SSSR count). The fraction of sp³-hybridized carbons (Fsp3) is 0.643. The predicted octanol–water partition coefficient (Wildman–Crippen LogP) is 2.30. The Balaban J connectivity index is 0.00000180. The van der Waals surface area contributed by atoms with Gasteiger partial charge in [-0.1, -0.05) is 13.8 Å². The molecule has 0 aliphatic carbocycles. The Morgan fingerprint density at radius 3 is 2.89 bits per heavy atom. The summed E-state index contributed by atoms with van der Waals surface area (Å²) in [5.41, 5.74) is 1.06. The maximum Gasteiger partial charge on any atom is 0.287 e. The van der Waals surface area contributed by atoms with E-state index in [1.54, 1.807) is 0 Å². The maximum atomic E-state index is 12.1. The molecule has 0 bridgehead atoms. The van der Waals surface area contributed by atoms with Crippen molar-refractivity contribution in [3.05, 3.63) is 23.2 Å². The zero-order valence-electron chi connectivity index (χ0n) is 11.8. The van der Waals surface area contributed by atoms with E-state index in [1.165, 1.54) is 0 Å². The Bertz CT molecular complexity index is 431. The minimum Gasteiger partial charge on any atom is -0.456 e. The molecule has 1 aromatic heterocycles. The van der Waals surface area contributed by atoms with Crippen LogP contribution in [0.3, 0.4) is 0 Å². The van der Waals surface area contributed by atoms with Crippen molar-refractivity contribution in [2.75, 3.05) is 13.1 Å². The number of piperidine rings is 1. The molecule has 0 aromatic carbocycles. The molecule has 2 heterocycles. The zero-order valence-corrected chi connectivity index (χ0v) is 12.6. The molecule has 108 valence electrons. The third-order valence-electron chi connectivity index (χ3n) is 3.67. The molecule has 2 N–H and O–H groups in total. The predicted molar refractivity (Wildman–Crippen MR) is 78.0 cm³/mol. The molecule has 2 unspecified atom stereocenters. The molecular formula is C14H23ClN2O2. The number of furan rings is 1. The number of halogens is 1. The van der Waals surface area contributed by atoms with Crippen LogP contribution in [-0.4, -0.2) is 25.0 Å². The number of carbonyl (C=O) groups excluding carboxylic acids is 1. The van der Waals surface area contributed by atoms with Crippen LogP contribution in [0.15, 0.2) is 10.5 Å². The highest BCUT2D eigenvalue weighted by molar-refractivity contribution is 5.92. The van der Waals surface area contributed by atoms with Crippen molar-refractivity contribution in [2.24, 2.45) is 5.92 Å². The Hall–Kier alpha value is -1.00. The van der Waals surface area contributed by atoms with Crippen LogP contribution in [0.5, 0.6) is 0 Å². The second kappa shape index (κ2) is 6.96. The molecule has 1 aromatic rings. The summed E-state index contributed by atoms with van der Waals surface area (Å²) in [6.45, 7) is 8.09. The summed E-state index contributed by atoms with van der Waals surface area (Å²) in [5, 5.41) is 6.40. The topological polar surface area (TPSA) is 54.3 Å². The van der Waals surface area contributed by atoms with Gasteiger partial charge in [0.05, 0.1) is 0 Å². The number of amides is 1. The van der Waals surface area contributed by atoms with Crippen molar-refractivity contribution in [2.45, 2.75) is 39.7 Å². The van der Waals surface area contributed by atoms with Crippen LogP contribution in [0.1, 0.15) is 42.1 Å². The van der Waals surface area contributed by atoms with E-state index in [4.69, 9.17) is 4.42 Å². The first-order valence-electron chi connectivity index (χ1n) is 6.72. The van der Waals surface area contributed by atoms with E-state index in [2.05, 4.69) is 17.6 Å². The van der Waals surface area contributed by atoms with Gasteiger partial charge in [-0.3, -0.25) is 4.79 Å². The molecule has 1 aliphatic rings. The van der Waals surface area contributed by atoms with Gasteiger partial charge in [0.2, 0.25) is 0 Å². The lowest BCUT2D eigenvalue weighted by molar-refractivity contribution is 0.0884. The Morgan fingerprint density at radius 1 is 1.58 bits per heavy atom. The van der Waals surface area contributed by atoms with Crippen LogP contribution in [0, 0.1) is 12.8 Å². The lowest BCUT2D eigenvalue weighted by atomic mass is 9.95. The molecule has 1 saturated heterocycles. The number of hydrogen-bond acceptors (Lipinski definition) is 3. The van der Waals surface area contributed by atoms with Crippen LogP contribution in [0.25, 0.3) is 0 Å². The quantitative estimate of drug-likeness (QED) is 0.896. The summed E-state index contributed by atoms with van der Waals surface area (Å²) < 4.78 is 5.57. The highest BCUT2D eigenvalue weighted by Crippen LogP contribution is 2.16. The van der Waals surface area contributed by atoms with Crippen molar-refractivity contribution in [3.63, 3.8) is 0 Å². The van der Waals surface area contributed by atoms with E-state index in [0.717, 1.165) is 37.3 Å². The van der Waals surface area contributed by atoms with Crippen LogP contribution >= 0.6 is 12.4 Å². The van der Waals surface area contributed by atoms with Gasteiger partial charge in [0, 0.05) is 12.5 Å². The van der Waals surface area contributed by atoms with E-state index in [9.17, 15) is 4.79 Å². The van der Waals surface area contributed by atoms with Gasteiger partial charge in [-0.2, -0.15) is 0 Å². The van der Waals surface area contributed by atoms with E-state index in [1.807, 2.05) is 19.9 Å². The van der Waals surface area contributed by atoms with Crippen molar-refractivity contribution in [1.29, 1.82) is 0 Å². The van der Waals surface area contributed by atoms with Crippen LogP contribution < -0.4 is 10.6 Å². The molecule has 0 spiro atoms. The van der Waals surface area contributed by atoms with Gasteiger partial charge in [-0.25, -0.2) is 0 Å². The number of rotatable bonds is 3. The van der Waals surface area contributed by atoms with Gasteiger partial charge in [-0.05, 0) is 44.0 Å². The summed E-state index contributed by atoms with van der Waals surface area (Å²) in [7, 11) is 0. The molecule has 4 nitrogen and oxygen atoms in total. The molecule has 0 radical (unpaired) electrons. The third kappa shape index (κ3) is 3.74. The van der Waals surface area contributed by atoms with E-state index in [-0.39, 0.29) is 24.4 Å². The molecule has 0 saturated carbocycles. The van der Waals surface area contributed by atoms with Gasteiger partial charge in [0.15, 0.2) is 5.76 Å². The van der Waals surface area contributed by atoms with Crippen molar-refractivity contribution in [1.82, 2.24) is 10.6 Å². The average Bonchev–Trinajstić information content (AvgIpc) is 2.73. The number of nitrogens with one attached hydrogen (secondary N) is 2. The molecular weight excluding hydrogens is 264 g/mol. The molecule has 19 heavy (non-hydrogen) atoms. The standard InChI is InChI=1S/C14H22N2O2.ClH/c1-4-12-9(2)7-13(18-12)14(17)16-11-5-6-15-8-10(11)3;/h7,10-11,15H,4-6,8H2,1-3H3,(H,16,17);1H. The van der Waals surface area contributed by atoms with E-state index in [0.29, 0.717) is 11.7 Å². The molecule has 1 aliphatic heterocycles. The minimum atomic E-state index is -0.0865. The van der Waals surface area contributed by atoms with Crippen LogP contribution in [0.4, 0.5) is 0 Å². The average molecular weight is 287 g/mol. The van der Waals surface area contributed by atoms with Crippen molar-refractivity contribution >= 4 is 18.3 Å². The Morgan fingerprint density at radius 2 is 2.32 bits per heavy atom. The monoisotopic (exact) mass is 286 g/mol. The second-order valence-electron chi connectivity index (χ2n) is 5.12. The van der Waals surface area contributed by atoms with Gasteiger partial charge in [0.25, 0.3) is 5.91 Å². The third-order valence-corrected chi connectivity index (χ3v) is 3.67. The van der Waals surface area contributed by atoms with E-state index >= 15 is 0 Å². The summed E-state index contributed by atoms with van der Waals surface area (Å²) >= 11 is 0. The molecule has 1 amide bonds. The smallest absolute Gasteiger partial charge is 0.287 e. The van der Waals surface area contributed by atoms with Gasteiger partial charge in [0.1, 0.15) is 5.76 Å². The van der Waals surface area contributed by atoms with Crippen LogP contribution in [0.2, 0.25) is 0 Å². The lowest BCUT2D eigenvalue weighted by Gasteiger charge is -2.29. The summed E-state index contributed by atoms with van der Waals surface area (Å²) in [6.07, 6.45) is 1.80. The highest BCUT2D eigenvalue weighted by Gasteiger charge is 2.24. The minimum absolute atomic E-state index is 0. The number of aryl methyl sites for hydroxylation is 2. The van der Waals surface area contributed by atoms with Crippen molar-refractivity contribution in [3.8, 4) is 0 Å². The SMILES string of the molecule is CCc1oc(C(=O)NC2CCNCC2C)cc1C.Cl. The number of hydrogen-bond donors (Lipinski definition) is 2. The van der Waals surface area contributed by atoms with Gasteiger partial charge < -0.3 is 15.1 Å². The molecule has 1 fully saturated rings. The first kappa shape index (κ1) is 16.1. The van der Waals surface area contributed by atoms with Crippen LogP contribution in [-0.2, 0) is 6.42 Å². The summed E-state index contributed by atoms with van der Waals surface area (Å²) in [5.74, 6) is 1.72. The normalized spacial score (nSPS) is 22.7. The Kier molecular flexibility index (Phi) is 5.88. The number of carbonyl (C=O) groups is 1. The largest absolute Gasteiger partial charge is 0.456 e. The second-order valence-corrected chi connectivity index (χ2v) is 5.12. The first-order valence-corrected chi connectivity index (χ1v) is 6.72. The fourth-order valence-electron chi connectivity index (χ4n) is 2.45. The first-order chi connectivity index (χ1) is 8.61. The highest BCUT2D eigenvalue weighted by atomic mass is 35.5. The summed E-state index contributed by atoms with van der Waals surface area (Å²) in [6, 6.07) is 2.08. The molecule has 2 atom stereocenters. The fourth-order valence-corrected chi connectivity index (χ4v) is 2.45. The Labute approximate surface area is 120 Å². The van der Waals surface area contributed by atoms with Crippen molar-refractivity contribution < 1.29 is 9.21 Å². The summed E-state index contributed by atoms with van der Waals surface area (Å²) in [4.78, 5) is 12.1. The zero-order chi connectivity index (χ0) is 13.1.